The van der Waals surface area contributed by atoms with Crippen LogP contribution in [-0.4, -0.2) is 43.3 Å². The molecular weight excluding hydrogens is 256 g/mol. The summed E-state index contributed by atoms with van der Waals surface area (Å²) in [6.45, 7) is 0.945. The van der Waals surface area contributed by atoms with E-state index in [2.05, 4.69) is 25.0 Å². The Bertz CT molecular complexity index is 561. The summed E-state index contributed by atoms with van der Waals surface area (Å²) in [5.74, 6) is 1.88. The second-order valence-corrected chi connectivity index (χ2v) is 5.16. The van der Waals surface area contributed by atoms with Crippen molar-refractivity contribution in [3.05, 3.63) is 12.7 Å². The number of rotatable bonds is 4. The van der Waals surface area contributed by atoms with Gasteiger partial charge in [0.15, 0.2) is 0 Å². The number of nitrogens with two attached hydrogens (primary N) is 1. The number of nitrogen functional groups attached to an aromatic ring is 1. The fourth-order valence-corrected chi connectivity index (χ4v) is 2.62. The molecule has 0 atom stereocenters. The quantitative estimate of drug-likeness (QED) is 0.874. The van der Waals surface area contributed by atoms with Crippen molar-refractivity contribution in [3.8, 4) is 5.95 Å². The van der Waals surface area contributed by atoms with E-state index in [-0.39, 0.29) is 5.95 Å². The second kappa shape index (κ2) is 5.40. The molecule has 0 aromatic carbocycles. The minimum atomic E-state index is 0.193. The summed E-state index contributed by atoms with van der Waals surface area (Å²) in [6.07, 6.45) is 8.17. The number of aromatic nitrogens is 6. The predicted octanol–water partition coefficient (Wildman–Crippen LogP) is 0.661. The molecule has 1 aliphatic carbocycles. The molecule has 0 spiro atoms. The van der Waals surface area contributed by atoms with Crippen LogP contribution < -0.4 is 10.6 Å². The van der Waals surface area contributed by atoms with E-state index in [9.17, 15) is 0 Å². The topological polar surface area (TPSA) is 98.6 Å². The smallest absolute Gasteiger partial charge is 0.258 e. The molecule has 106 valence electrons. The molecule has 2 heterocycles. The van der Waals surface area contributed by atoms with Gasteiger partial charge in [-0.2, -0.15) is 24.7 Å². The van der Waals surface area contributed by atoms with Gasteiger partial charge in [0.2, 0.25) is 11.9 Å². The van der Waals surface area contributed by atoms with E-state index in [4.69, 9.17) is 5.73 Å². The molecule has 8 nitrogen and oxygen atoms in total. The maximum atomic E-state index is 5.76. The Balaban J connectivity index is 1.81. The Kier molecular flexibility index (Phi) is 3.44. The van der Waals surface area contributed by atoms with Crippen molar-refractivity contribution in [2.45, 2.75) is 25.7 Å². The zero-order valence-electron chi connectivity index (χ0n) is 11.5. The maximum Gasteiger partial charge on any atom is 0.258 e. The third-order valence-electron chi connectivity index (χ3n) is 3.60. The third kappa shape index (κ3) is 2.68. The fourth-order valence-electron chi connectivity index (χ4n) is 2.62. The van der Waals surface area contributed by atoms with Crippen LogP contribution in [0.3, 0.4) is 0 Å². The van der Waals surface area contributed by atoms with Crippen LogP contribution in [-0.2, 0) is 0 Å². The van der Waals surface area contributed by atoms with Crippen molar-refractivity contribution in [1.82, 2.24) is 29.7 Å². The van der Waals surface area contributed by atoms with Gasteiger partial charge in [0.25, 0.3) is 5.95 Å². The molecule has 8 heteroatoms. The van der Waals surface area contributed by atoms with Crippen LogP contribution >= 0.6 is 0 Å². The van der Waals surface area contributed by atoms with Gasteiger partial charge in [0, 0.05) is 13.6 Å². The van der Waals surface area contributed by atoms with Gasteiger partial charge in [0.05, 0.1) is 0 Å². The highest BCUT2D eigenvalue weighted by atomic mass is 15.4. The molecule has 0 unspecified atom stereocenters. The van der Waals surface area contributed by atoms with Gasteiger partial charge < -0.3 is 10.6 Å². The van der Waals surface area contributed by atoms with Gasteiger partial charge in [-0.15, -0.1) is 0 Å². The molecule has 3 rings (SSSR count). The third-order valence-corrected chi connectivity index (χ3v) is 3.60. The first kappa shape index (κ1) is 12.8. The molecule has 1 fully saturated rings. The molecule has 20 heavy (non-hydrogen) atoms. The minimum absolute atomic E-state index is 0.193. The molecule has 1 aliphatic rings. The summed E-state index contributed by atoms with van der Waals surface area (Å²) in [6, 6.07) is 0. The van der Waals surface area contributed by atoms with Crippen molar-refractivity contribution in [1.29, 1.82) is 0 Å². The van der Waals surface area contributed by atoms with Gasteiger partial charge in [0.1, 0.15) is 12.7 Å². The summed E-state index contributed by atoms with van der Waals surface area (Å²) in [7, 11) is 1.98. The van der Waals surface area contributed by atoms with Gasteiger partial charge in [-0.25, -0.2) is 4.98 Å². The average Bonchev–Trinajstić information content (AvgIpc) is 3.11. The zero-order chi connectivity index (χ0) is 13.9. The van der Waals surface area contributed by atoms with Crippen LogP contribution in [0.2, 0.25) is 0 Å². The first-order chi connectivity index (χ1) is 9.72. The Morgan fingerprint density at radius 1 is 1.30 bits per heavy atom. The fraction of sp³-hybridized carbons (Fsp3) is 0.583. The van der Waals surface area contributed by atoms with Gasteiger partial charge in [-0.3, -0.25) is 0 Å². The maximum absolute atomic E-state index is 5.76. The predicted molar refractivity (Wildman–Crippen MR) is 74.4 cm³/mol. The molecule has 0 aliphatic heterocycles. The summed E-state index contributed by atoms with van der Waals surface area (Å²) >= 11 is 0. The minimum Gasteiger partial charge on any atom is -0.368 e. The number of nitrogens with zero attached hydrogens (tertiary/aromatic N) is 7. The summed E-state index contributed by atoms with van der Waals surface area (Å²) in [4.78, 5) is 18.6. The van der Waals surface area contributed by atoms with Crippen molar-refractivity contribution < 1.29 is 0 Å². The average molecular weight is 274 g/mol. The highest BCUT2D eigenvalue weighted by molar-refractivity contribution is 5.36. The van der Waals surface area contributed by atoms with Crippen LogP contribution in [0.4, 0.5) is 11.9 Å². The second-order valence-electron chi connectivity index (χ2n) is 5.16. The summed E-state index contributed by atoms with van der Waals surface area (Å²) in [5.41, 5.74) is 5.76. The van der Waals surface area contributed by atoms with Gasteiger partial charge in [-0.05, 0) is 18.8 Å². The van der Waals surface area contributed by atoms with E-state index in [1.165, 1.54) is 43.0 Å². The molecule has 0 saturated heterocycles. The molecular formula is C12H18N8. The van der Waals surface area contributed by atoms with Crippen molar-refractivity contribution in [2.75, 3.05) is 24.2 Å². The molecule has 2 N–H and O–H groups in total. The SMILES string of the molecule is CN(CC1CCCC1)c1nc(N)nc(-n2cncn2)n1. The Morgan fingerprint density at radius 3 is 2.80 bits per heavy atom. The largest absolute Gasteiger partial charge is 0.368 e. The Labute approximate surface area is 117 Å². The molecule has 0 bridgehead atoms. The van der Waals surface area contributed by atoms with Crippen molar-refractivity contribution in [2.24, 2.45) is 5.92 Å². The summed E-state index contributed by atoms with van der Waals surface area (Å²) < 4.78 is 1.48. The van der Waals surface area contributed by atoms with Crippen LogP contribution in [0.15, 0.2) is 12.7 Å². The first-order valence-electron chi connectivity index (χ1n) is 6.80. The highest BCUT2D eigenvalue weighted by Gasteiger charge is 2.19. The molecule has 0 amide bonds. The monoisotopic (exact) mass is 274 g/mol. The van der Waals surface area contributed by atoms with Crippen LogP contribution in [0.1, 0.15) is 25.7 Å². The lowest BCUT2D eigenvalue weighted by Crippen LogP contribution is -2.27. The molecule has 2 aromatic rings. The van der Waals surface area contributed by atoms with E-state index >= 15 is 0 Å². The summed E-state index contributed by atoms with van der Waals surface area (Å²) in [5, 5.41) is 4.01. The van der Waals surface area contributed by atoms with E-state index in [0.717, 1.165) is 6.54 Å². The van der Waals surface area contributed by atoms with E-state index in [0.29, 0.717) is 17.8 Å². The van der Waals surface area contributed by atoms with Crippen molar-refractivity contribution >= 4 is 11.9 Å². The normalized spacial score (nSPS) is 15.7. The Hall–Kier alpha value is -2.25. The van der Waals surface area contributed by atoms with Crippen LogP contribution in [0, 0.1) is 5.92 Å². The van der Waals surface area contributed by atoms with Gasteiger partial charge >= 0.3 is 0 Å². The number of hydrogen-bond acceptors (Lipinski definition) is 7. The Morgan fingerprint density at radius 2 is 2.10 bits per heavy atom. The lowest BCUT2D eigenvalue weighted by molar-refractivity contribution is 0.542. The molecule has 2 aromatic heterocycles. The lowest BCUT2D eigenvalue weighted by atomic mass is 10.1. The number of anilines is 2. The zero-order valence-corrected chi connectivity index (χ0v) is 11.5. The van der Waals surface area contributed by atoms with E-state index < -0.39 is 0 Å². The highest BCUT2D eigenvalue weighted by Crippen LogP contribution is 2.26. The van der Waals surface area contributed by atoms with Crippen LogP contribution in [0.25, 0.3) is 5.95 Å². The standard InChI is InChI=1S/C12H18N8/c1-19(6-9-4-2-3-5-9)11-16-10(13)17-12(18-11)20-8-14-7-15-20/h7-9H,2-6H2,1H3,(H2,13,16,17,18). The van der Waals surface area contributed by atoms with E-state index in [1.54, 1.807) is 0 Å². The van der Waals surface area contributed by atoms with Crippen LogP contribution in [0.5, 0.6) is 0 Å². The molecule has 0 radical (unpaired) electrons. The molecule has 1 saturated carbocycles. The van der Waals surface area contributed by atoms with Crippen molar-refractivity contribution in [3.63, 3.8) is 0 Å². The number of hydrogen-bond donors (Lipinski definition) is 1. The first-order valence-corrected chi connectivity index (χ1v) is 6.80. The van der Waals surface area contributed by atoms with Gasteiger partial charge in [-0.1, -0.05) is 12.8 Å². The van der Waals surface area contributed by atoms with E-state index in [1.807, 2.05) is 11.9 Å². The lowest BCUT2D eigenvalue weighted by Gasteiger charge is -2.21.